The van der Waals surface area contributed by atoms with Crippen LogP contribution >= 0.6 is 12.4 Å². The van der Waals surface area contributed by atoms with Crippen molar-refractivity contribution in [3.05, 3.63) is 70.8 Å². The summed E-state index contributed by atoms with van der Waals surface area (Å²) in [6, 6.07) is 11.7. The molecular formula is C21H23ClF3NO. The van der Waals surface area contributed by atoms with Crippen molar-refractivity contribution in [2.24, 2.45) is 0 Å². The summed E-state index contributed by atoms with van der Waals surface area (Å²) in [6.45, 7) is 2.17. The van der Waals surface area contributed by atoms with Gasteiger partial charge in [-0.25, -0.2) is 0 Å². The minimum Gasteiger partial charge on any atom is -0.493 e. The van der Waals surface area contributed by atoms with Crippen LogP contribution in [0.15, 0.2) is 48.5 Å². The van der Waals surface area contributed by atoms with Crippen molar-refractivity contribution in [2.75, 3.05) is 20.2 Å². The summed E-state index contributed by atoms with van der Waals surface area (Å²) in [4.78, 5) is 2.11. The second-order valence-electron chi connectivity index (χ2n) is 6.62. The molecule has 2 aromatic rings. The van der Waals surface area contributed by atoms with Gasteiger partial charge >= 0.3 is 6.18 Å². The Kier molecular flexibility index (Phi) is 7.33. The van der Waals surface area contributed by atoms with Crippen molar-refractivity contribution in [1.82, 2.24) is 4.90 Å². The molecule has 0 aliphatic carbocycles. The van der Waals surface area contributed by atoms with E-state index in [1.165, 1.54) is 17.2 Å². The van der Waals surface area contributed by atoms with Crippen molar-refractivity contribution in [1.29, 1.82) is 0 Å². The molecule has 0 unspecified atom stereocenters. The second kappa shape index (κ2) is 9.29. The molecule has 6 heteroatoms. The Bertz CT molecular complexity index is 789. The summed E-state index contributed by atoms with van der Waals surface area (Å²) < 4.78 is 43.9. The SMILES string of the molecule is CN(C/C=C/c1cccc(C(F)(F)F)c1)Cc1ccc2c(c1)OCCC2.Cl. The lowest BCUT2D eigenvalue weighted by molar-refractivity contribution is -0.137. The predicted molar refractivity (Wildman–Crippen MR) is 104 cm³/mol. The molecule has 0 amide bonds. The first kappa shape index (κ1) is 21.3. The first-order chi connectivity index (χ1) is 12.4. The lowest BCUT2D eigenvalue weighted by atomic mass is 10.0. The number of alkyl halides is 3. The zero-order valence-corrected chi connectivity index (χ0v) is 15.9. The second-order valence-corrected chi connectivity index (χ2v) is 6.62. The number of aryl methyl sites for hydroxylation is 1. The van der Waals surface area contributed by atoms with Gasteiger partial charge in [0.05, 0.1) is 12.2 Å². The minimum absolute atomic E-state index is 0. The number of ether oxygens (including phenoxy) is 1. The summed E-state index contributed by atoms with van der Waals surface area (Å²) in [7, 11) is 1.98. The molecule has 0 N–H and O–H groups in total. The Morgan fingerprint density at radius 1 is 1.15 bits per heavy atom. The van der Waals surface area contributed by atoms with E-state index in [0.717, 1.165) is 43.9 Å². The van der Waals surface area contributed by atoms with E-state index in [4.69, 9.17) is 4.74 Å². The van der Waals surface area contributed by atoms with Gasteiger partial charge in [0.1, 0.15) is 5.75 Å². The Labute approximate surface area is 164 Å². The highest BCUT2D eigenvalue weighted by Crippen LogP contribution is 2.30. The number of fused-ring (bicyclic) bond motifs is 1. The van der Waals surface area contributed by atoms with Crippen molar-refractivity contribution in [3.8, 4) is 5.75 Å². The van der Waals surface area contributed by atoms with Gasteiger partial charge in [-0.05, 0) is 54.8 Å². The predicted octanol–water partition coefficient (Wildman–Crippen LogP) is 5.60. The highest BCUT2D eigenvalue weighted by atomic mass is 35.5. The van der Waals surface area contributed by atoms with Crippen LogP contribution in [0.4, 0.5) is 13.2 Å². The zero-order chi connectivity index (χ0) is 18.6. The number of benzene rings is 2. The van der Waals surface area contributed by atoms with Gasteiger partial charge in [-0.15, -0.1) is 12.4 Å². The summed E-state index contributed by atoms with van der Waals surface area (Å²) in [5.74, 6) is 0.974. The van der Waals surface area contributed by atoms with Crippen LogP contribution in [-0.4, -0.2) is 25.1 Å². The van der Waals surface area contributed by atoms with E-state index in [-0.39, 0.29) is 12.4 Å². The third kappa shape index (κ3) is 6.01. The molecule has 0 saturated heterocycles. The van der Waals surface area contributed by atoms with Crippen LogP contribution in [0.2, 0.25) is 0 Å². The quantitative estimate of drug-likeness (QED) is 0.651. The summed E-state index contributed by atoms with van der Waals surface area (Å²) in [5.41, 5.74) is 2.35. The molecule has 0 radical (unpaired) electrons. The van der Waals surface area contributed by atoms with E-state index in [9.17, 15) is 13.2 Å². The number of halogens is 4. The lowest BCUT2D eigenvalue weighted by Crippen LogP contribution is -2.18. The molecule has 1 aliphatic rings. The molecule has 0 fully saturated rings. The number of hydrogen-bond donors (Lipinski definition) is 0. The van der Waals surface area contributed by atoms with Gasteiger partial charge < -0.3 is 4.74 Å². The molecule has 0 saturated carbocycles. The third-order valence-electron chi connectivity index (χ3n) is 4.37. The van der Waals surface area contributed by atoms with Crippen molar-refractivity contribution in [2.45, 2.75) is 25.6 Å². The van der Waals surface area contributed by atoms with Gasteiger partial charge in [0.25, 0.3) is 0 Å². The summed E-state index contributed by atoms with van der Waals surface area (Å²) >= 11 is 0. The third-order valence-corrected chi connectivity index (χ3v) is 4.37. The first-order valence-electron chi connectivity index (χ1n) is 8.69. The van der Waals surface area contributed by atoms with E-state index in [2.05, 4.69) is 23.1 Å². The van der Waals surface area contributed by atoms with Gasteiger partial charge in [0, 0.05) is 13.1 Å². The van der Waals surface area contributed by atoms with Crippen molar-refractivity contribution < 1.29 is 17.9 Å². The average molecular weight is 398 g/mol. The normalized spacial score (nSPS) is 14.0. The molecule has 1 aliphatic heterocycles. The molecule has 146 valence electrons. The standard InChI is InChI=1S/C21H22F3NO.ClH/c1-25(15-17-9-10-18-7-4-12-26-20(18)14-17)11-3-6-16-5-2-8-19(13-16)21(22,23)24;/h2-3,5-6,8-10,13-14H,4,7,11-12,15H2,1H3;1H/b6-3+;. The molecule has 2 nitrogen and oxygen atoms in total. The van der Waals surface area contributed by atoms with E-state index >= 15 is 0 Å². The lowest BCUT2D eigenvalue weighted by Gasteiger charge is -2.20. The smallest absolute Gasteiger partial charge is 0.416 e. The number of likely N-dealkylation sites (N-methyl/N-ethyl adjacent to an activating group) is 1. The Hall–Kier alpha value is -1.98. The zero-order valence-electron chi connectivity index (χ0n) is 15.1. The summed E-state index contributed by atoms with van der Waals surface area (Å²) in [5, 5.41) is 0. The van der Waals surface area contributed by atoms with E-state index in [1.807, 2.05) is 13.1 Å². The van der Waals surface area contributed by atoms with Crippen molar-refractivity contribution >= 4 is 18.5 Å². The molecule has 2 aromatic carbocycles. The number of rotatable bonds is 5. The van der Waals surface area contributed by atoms with E-state index in [1.54, 1.807) is 12.1 Å². The van der Waals surface area contributed by atoms with E-state index in [0.29, 0.717) is 12.1 Å². The van der Waals surface area contributed by atoms with E-state index < -0.39 is 11.7 Å². The first-order valence-corrected chi connectivity index (χ1v) is 8.69. The fraction of sp³-hybridized carbons (Fsp3) is 0.333. The fourth-order valence-electron chi connectivity index (χ4n) is 3.05. The monoisotopic (exact) mass is 397 g/mol. The van der Waals surface area contributed by atoms with Crippen LogP contribution in [0, 0.1) is 0 Å². The van der Waals surface area contributed by atoms with Gasteiger partial charge in [-0.2, -0.15) is 13.2 Å². The molecule has 27 heavy (non-hydrogen) atoms. The van der Waals surface area contributed by atoms with Crippen LogP contribution in [-0.2, 0) is 19.1 Å². The molecule has 1 heterocycles. The van der Waals surface area contributed by atoms with Crippen LogP contribution in [0.5, 0.6) is 5.75 Å². The highest BCUT2D eigenvalue weighted by Gasteiger charge is 2.30. The van der Waals surface area contributed by atoms with Crippen molar-refractivity contribution in [3.63, 3.8) is 0 Å². The molecular weight excluding hydrogens is 375 g/mol. The number of hydrogen-bond acceptors (Lipinski definition) is 2. The van der Waals surface area contributed by atoms with Gasteiger partial charge in [0.2, 0.25) is 0 Å². The maximum absolute atomic E-state index is 12.7. The van der Waals surface area contributed by atoms with Crippen LogP contribution in [0.3, 0.4) is 0 Å². The highest BCUT2D eigenvalue weighted by molar-refractivity contribution is 5.85. The molecule has 0 bridgehead atoms. The van der Waals surface area contributed by atoms with Gasteiger partial charge in [0.15, 0.2) is 0 Å². The summed E-state index contributed by atoms with van der Waals surface area (Å²) in [6.07, 6.45) is 1.42. The fourth-order valence-corrected chi connectivity index (χ4v) is 3.05. The topological polar surface area (TPSA) is 12.5 Å². The van der Waals surface area contributed by atoms with Crippen LogP contribution in [0.1, 0.15) is 28.7 Å². The largest absolute Gasteiger partial charge is 0.493 e. The molecule has 3 rings (SSSR count). The number of nitrogens with zero attached hydrogens (tertiary/aromatic N) is 1. The molecule has 0 aromatic heterocycles. The van der Waals surface area contributed by atoms with Gasteiger partial charge in [-0.1, -0.05) is 36.4 Å². The average Bonchev–Trinajstić information content (AvgIpc) is 2.61. The van der Waals surface area contributed by atoms with Gasteiger partial charge in [-0.3, -0.25) is 4.90 Å². The minimum atomic E-state index is -4.31. The van der Waals surface area contributed by atoms with Crippen LogP contribution in [0.25, 0.3) is 6.08 Å². The Morgan fingerprint density at radius 2 is 1.96 bits per heavy atom. The maximum atomic E-state index is 12.7. The maximum Gasteiger partial charge on any atom is 0.416 e. The van der Waals surface area contributed by atoms with Crippen LogP contribution < -0.4 is 4.74 Å². The molecule has 0 atom stereocenters. The Morgan fingerprint density at radius 3 is 2.74 bits per heavy atom. The Balaban J connectivity index is 0.00000261. The molecule has 0 spiro atoms.